The van der Waals surface area contributed by atoms with Crippen LogP contribution in [0.2, 0.25) is 0 Å². The Labute approximate surface area is 106 Å². The number of aryl methyl sites for hydroxylation is 1. The predicted octanol–water partition coefficient (Wildman–Crippen LogP) is 2.86. The molecule has 17 heavy (non-hydrogen) atoms. The number of rotatable bonds is 5. The van der Waals surface area contributed by atoms with Gasteiger partial charge in [0.2, 0.25) is 5.88 Å². The van der Waals surface area contributed by atoms with E-state index < -0.39 is 0 Å². The van der Waals surface area contributed by atoms with E-state index in [1.165, 1.54) is 5.56 Å². The molecule has 1 heterocycles. The highest BCUT2D eigenvalue weighted by Crippen LogP contribution is 2.15. The van der Waals surface area contributed by atoms with E-state index in [0.29, 0.717) is 19.0 Å². The fourth-order valence-electron chi connectivity index (χ4n) is 1.65. The summed E-state index contributed by atoms with van der Waals surface area (Å²) in [7, 11) is 0. The van der Waals surface area contributed by atoms with Crippen molar-refractivity contribution < 1.29 is 4.74 Å². The zero-order chi connectivity index (χ0) is 12.1. The van der Waals surface area contributed by atoms with Crippen molar-refractivity contribution in [1.82, 2.24) is 9.78 Å². The highest BCUT2D eigenvalue weighted by Gasteiger charge is 2.06. The lowest BCUT2D eigenvalue weighted by Crippen LogP contribution is -2.07. The Morgan fingerprint density at radius 2 is 2.06 bits per heavy atom. The normalized spacial score (nSPS) is 10.5. The Kier molecular flexibility index (Phi) is 4.04. The highest BCUT2D eigenvalue weighted by molar-refractivity contribution is 6.17. The molecule has 0 amide bonds. The summed E-state index contributed by atoms with van der Waals surface area (Å²) in [6.07, 6.45) is 0. The van der Waals surface area contributed by atoms with Crippen LogP contribution in [0.25, 0.3) is 0 Å². The van der Waals surface area contributed by atoms with E-state index in [1.807, 2.05) is 35.9 Å². The van der Waals surface area contributed by atoms with Gasteiger partial charge in [0, 0.05) is 6.07 Å². The third-order valence-electron chi connectivity index (χ3n) is 2.37. The van der Waals surface area contributed by atoms with Crippen LogP contribution >= 0.6 is 11.6 Å². The molecule has 0 saturated heterocycles. The maximum Gasteiger partial charge on any atom is 0.212 e. The lowest BCUT2D eigenvalue weighted by Gasteiger charge is -2.07. The number of ether oxygens (including phenoxy) is 1. The average Bonchev–Trinajstić information content (AvgIpc) is 2.68. The molecule has 0 aliphatic carbocycles. The lowest BCUT2D eigenvalue weighted by molar-refractivity contribution is 0.307. The van der Waals surface area contributed by atoms with Gasteiger partial charge >= 0.3 is 0 Å². The van der Waals surface area contributed by atoms with Gasteiger partial charge in [-0.05, 0) is 12.5 Å². The quantitative estimate of drug-likeness (QED) is 0.763. The van der Waals surface area contributed by atoms with Crippen molar-refractivity contribution in [3.63, 3.8) is 0 Å². The van der Waals surface area contributed by atoms with Gasteiger partial charge in [-0.3, -0.25) is 0 Å². The second-order valence-corrected chi connectivity index (χ2v) is 4.18. The Bertz CT molecular complexity index is 468. The minimum absolute atomic E-state index is 0.482. The van der Waals surface area contributed by atoms with Crippen LogP contribution < -0.4 is 4.74 Å². The first-order chi connectivity index (χ1) is 8.29. The average molecular weight is 251 g/mol. The SMILES string of the molecule is Cc1cc(OCCCl)n(Cc2ccccc2)n1. The number of hydrogen-bond acceptors (Lipinski definition) is 2. The number of hydrogen-bond donors (Lipinski definition) is 0. The van der Waals surface area contributed by atoms with Gasteiger partial charge in [0.15, 0.2) is 0 Å². The fraction of sp³-hybridized carbons (Fsp3) is 0.308. The number of benzene rings is 1. The third kappa shape index (κ3) is 3.24. The Morgan fingerprint density at radius 3 is 2.76 bits per heavy atom. The summed E-state index contributed by atoms with van der Waals surface area (Å²) in [5.74, 6) is 1.25. The topological polar surface area (TPSA) is 27.1 Å². The smallest absolute Gasteiger partial charge is 0.212 e. The van der Waals surface area contributed by atoms with Crippen LogP contribution in [0.4, 0.5) is 0 Å². The molecule has 0 spiro atoms. The second-order valence-electron chi connectivity index (χ2n) is 3.80. The van der Waals surface area contributed by atoms with Crippen molar-refractivity contribution in [3.8, 4) is 5.88 Å². The molecular formula is C13H15ClN2O. The van der Waals surface area contributed by atoms with E-state index in [0.717, 1.165) is 11.6 Å². The summed E-state index contributed by atoms with van der Waals surface area (Å²) in [5.41, 5.74) is 2.15. The molecule has 0 bridgehead atoms. The van der Waals surface area contributed by atoms with Gasteiger partial charge in [0.05, 0.1) is 18.1 Å². The van der Waals surface area contributed by atoms with Crippen molar-refractivity contribution in [2.75, 3.05) is 12.5 Å². The largest absolute Gasteiger partial charge is 0.477 e. The lowest BCUT2D eigenvalue weighted by atomic mass is 10.2. The molecule has 4 heteroatoms. The van der Waals surface area contributed by atoms with E-state index >= 15 is 0 Å². The van der Waals surface area contributed by atoms with Crippen LogP contribution in [0.1, 0.15) is 11.3 Å². The van der Waals surface area contributed by atoms with Gasteiger partial charge < -0.3 is 4.74 Å². The number of aromatic nitrogens is 2. The summed E-state index contributed by atoms with van der Waals surface area (Å²) in [4.78, 5) is 0. The second kappa shape index (κ2) is 5.73. The van der Waals surface area contributed by atoms with Crippen LogP contribution in [-0.2, 0) is 6.54 Å². The third-order valence-corrected chi connectivity index (χ3v) is 2.52. The van der Waals surface area contributed by atoms with Crippen LogP contribution in [0, 0.1) is 6.92 Å². The first kappa shape index (κ1) is 12.0. The molecular weight excluding hydrogens is 236 g/mol. The van der Waals surface area contributed by atoms with E-state index in [1.54, 1.807) is 0 Å². The summed E-state index contributed by atoms with van der Waals surface area (Å²) >= 11 is 5.62. The van der Waals surface area contributed by atoms with Crippen molar-refractivity contribution in [1.29, 1.82) is 0 Å². The van der Waals surface area contributed by atoms with Gasteiger partial charge in [-0.15, -0.1) is 11.6 Å². The van der Waals surface area contributed by atoms with Gasteiger partial charge in [-0.1, -0.05) is 30.3 Å². The van der Waals surface area contributed by atoms with E-state index in [4.69, 9.17) is 16.3 Å². The first-order valence-corrected chi connectivity index (χ1v) is 6.10. The molecule has 0 atom stereocenters. The van der Waals surface area contributed by atoms with Crippen LogP contribution in [0.5, 0.6) is 5.88 Å². The van der Waals surface area contributed by atoms with Crippen molar-refractivity contribution >= 4 is 11.6 Å². The summed E-state index contributed by atoms with van der Waals surface area (Å²) in [6.45, 7) is 3.17. The van der Waals surface area contributed by atoms with Crippen molar-refractivity contribution in [3.05, 3.63) is 47.7 Å². The highest BCUT2D eigenvalue weighted by atomic mass is 35.5. The Hall–Kier alpha value is -1.48. The minimum Gasteiger partial charge on any atom is -0.477 e. The van der Waals surface area contributed by atoms with E-state index in [2.05, 4.69) is 17.2 Å². The molecule has 0 radical (unpaired) electrons. The molecule has 0 aliphatic rings. The molecule has 0 unspecified atom stereocenters. The van der Waals surface area contributed by atoms with Crippen molar-refractivity contribution in [2.24, 2.45) is 0 Å². The number of halogens is 1. The zero-order valence-corrected chi connectivity index (χ0v) is 10.5. The van der Waals surface area contributed by atoms with E-state index in [9.17, 15) is 0 Å². The molecule has 2 rings (SSSR count). The van der Waals surface area contributed by atoms with Crippen LogP contribution in [-0.4, -0.2) is 22.3 Å². The predicted molar refractivity (Wildman–Crippen MR) is 68.7 cm³/mol. The first-order valence-electron chi connectivity index (χ1n) is 5.57. The summed E-state index contributed by atoms with van der Waals surface area (Å²) in [5, 5.41) is 4.41. The van der Waals surface area contributed by atoms with Gasteiger partial charge in [0.25, 0.3) is 0 Å². The zero-order valence-electron chi connectivity index (χ0n) is 9.77. The number of nitrogens with zero attached hydrogens (tertiary/aromatic N) is 2. The van der Waals surface area contributed by atoms with Gasteiger partial charge in [0.1, 0.15) is 6.61 Å². The maximum atomic E-state index is 5.62. The maximum absolute atomic E-state index is 5.62. The molecule has 1 aromatic heterocycles. The molecule has 3 nitrogen and oxygen atoms in total. The van der Waals surface area contributed by atoms with Crippen molar-refractivity contribution in [2.45, 2.75) is 13.5 Å². The van der Waals surface area contributed by atoms with Crippen LogP contribution in [0.3, 0.4) is 0 Å². The summed E-state index contributed by atoms with van der Waals surface area (Å²) < 4.78 is 7.41. The Morgan fingerprint density at radius 1 is 1.29 bits per heavy atom. The Balaban J connectivity index is 2.14. The monoisotopic (exact) mass is 250 g/mol. The van der Waals surface area contributed by atoms with Gasteiger partial charge in [-0.2, -0.15) is 5.10 Å². The number of alkyl halides is 1. The fourth-order valence-corrected chi connectivity index (χ4v) is 1.73. The van der Waals surface area contributed by atoms with E-state index in [-0.39, 0.29) is 0 Å². The molecule has 1 aromatic carbocycles. The minimum atomic E-state index is 0.482. The molecule has 0 aliphatic heterocycles. The molecule has 0 saturated carbocycles. The summed E-state index contributed by atoms with van der Waals surface area (Å²) in [6, 6.07) is 12.1. The molecule has 0 fully saturated rings. The molecule has 0 N–H and O–H groups in total. The molecule has 90 valence electrons. The standard InChI is InChI=1S/C13H15ClN2O/c1-11-9-13(17-8-7-14)16(15-11)10-12-5-3-2-4-6-12/h2-6,9H,7-8,10H2,1H3. The molecule has 2 aromatic rings. The van der Waals surface area contributed by atoms with Crippen LogP contribution in [0.15, 0.2) is 36.4 Å². The van der Waals surface area contributed by atoms with Gasteiger partial charge in [-0.25, -0.2) is 4.68 Å².